The Morgan fingerprint density at radius 3 is 2.57 bits per heavy atom. The maximum Gasteiger partial charge on any atom is 0.319 e. The van der Waals surface area contributed by atoms with Crippen molar-refractivity contribution in [3.8, 4) is 17.0 Å². The van der Waals surface area contributed by atoms with Crippen molar-refractivity contribution in [3.05, 3.63) is 78.0 Å². The molecule has 0 bridgehead atoms. The first kappa shape index (κ1) is 31.0. The summed E-state index contributed by atoms with van der Waals surface area (Å²) in [6.07, 6.45) is 2.50. The van der Waals surface area contributed by atoms with Gasteiger partial charge in [0.25, 0.3) is 5.91 Å². The molecular weight excluding hydrogens is 530 g/mol. The minimum atomic E-state index is -0.293. The number of benzene rings is 2. The smallest absolute Gasteiger partial charge is 0.319 e. The number of hydrogen-bond donors (Lipinski definition) is 2. The minimum Gasteiger partial charge on any atom is -0.491 e. The van der Waals surface area contributed by atoms with E-state index in [1.54, 1.807) is 43.5 Å². The van der Waals surface area contributed by atoms with Gasteiger partial charge in [0, 0.05) is 69.9 Å². The molecule has 0 aliphatic carbocycles. The van der Waals surface area contributed by atoms with E-state index < -0.39 is 0 Å². The molecule has 9 nitrogen and oxygen atoms in total. The highest BCUT2D eigenvalue weighted by Crippen LogP contribution is 2.27. The van der Waals surface area contributed by atoms with Crippen molar-refractivity contribution in [3.63, 3.8) is 0 Å². The Hall–Kier alpha value is -3.95. The van der Waals surface area contributed by atoms with Crippen molar-refractivity contribution in [1.29, 1.82) is 0 Å². The molecule has 9 heteroatoms. The third-order valence-corrected chi connectivity index (χ3v) is 7.67. The molecule has 0 unspecified atom stereocenters. The summed E-state index contributed by atoms with van der Waals surface area (Å²) < 4.78 is 12.2. The predicted molar refractivity (Wildman–Crippen MR) is 166 cm³/mol. The number of anilines is 1. The molecule has 1 aliphatic heterocycles. The standard InChI is InChI=1S/C33H43N5O4/c1-6-16-35-33(40)36-27-14-15-28-30(18-27)42-22-24(3)38(19-23(2)31(41-5)21-37(4)32(28)39)20-25-10-12-26(13-11-25)29-9-7-8-17-34-29/h7-15,17-18,23-24,31H,6,16,19-22H2,1-5H3,(H2,35,36,40)/t23-,24+,31+/m1/s1. The van der Waals surface area contributed by atoms with Crippen LogP contribution in [-0.4, -0.2) is 79.3 Å². The van der Waals surface area contributed by atoms with E-state index in [4.69, 9.17) is 9.47 Å². The lowest BCUT2D eigenvalue weighted by Gasteiger charge is -2.36. The van der Waals surface area contributed by atoms with Gasteiger partial charge in [-0.2, -0.15) is 0 Å². The molecule has 42 heavy (non-hydrogen) atoms. The van der Waals surface area contributed by atoms with Gasteiger partial charge in [-0.1, -0.05) is 44.2 Å². The summed E-state index contributed by atoms with van der Waals surface area (Å²) in [5, 5.41) is 5.65. The Bertz CT molecular complexity index is 1320. The highest BCUT2D eigenvalue weighted by atomic mass is 16.5. The largest absolute Gasteiger partial charge is 0.491 e. The number of fused-ring (bicyclic) bond motifs is 1. The number of nitrogens with zero attached hydrogens (tertiary/aromatic N) is 3. The summed E-state index contributed by atoms with van der Waals surface area (Å²) in [7, 11) is 3.48. The van der Waals surface area contributed by atoms with Gasteiger partial charge in [-0.05, 0) is 49.1 Å². The van der Waals surface area contributed by atoms with E-state index in [1.807, 2.05) is 25.1 Å². The van der Waals surface area contributed by atoms with Crippen molar-refractivity contribution >= 4 is 17.6 Å². The van der Waals surface area contributed by atoms with E-state index in [0.717, 1.165) is 30.8 Å². The molecule has 0 spiro atoms. The van der Waals surface area contributed by atoms with Crippen molar-refractivity contribution in [1.82, 2.24) is 20.1 Å². The normalized spacial score (nSPS) is 20.1. The van der Waals surface area contributed by atoms with Crippen LogP contribution in [0.4, 0.5) is 10.5 Å². The molecule has 1 aliphatic rings. The van der Waals surface area contributed by atoms with Crippen molar-refractivity contribution in [2.45, 2.75) is 45.9 Å². The van der Waals surface area contributed by atoms with Gasteiger partial charge in [0.05, 0.1) is 17.4 Å². The number of likely N-dealkylation sites (N-methyl/N-ethyl adjacent to an activating group) is 1. The van der Waals surface area contributed by atoms with Crippen LogP contribution in [0, 0.1) is 5.92 Å². The van der Waals surface area contributed by atoms with Crippen LogP contribution in [0.15, 0.2) is 66.9 Å². The lowest BCUT2D eigenvalue weighted by Crippen LogP contribution is -2.46. The number of amides is 3. The SMILES string of the molecule is CCCNC(=O)Nc1ccc2c(c1)OC[C@H](C)N(Cc1ccc(-c3ccccn3)cc1)C[C@@H](C)[C@@H](OC)CN(C)C2=O. The molecule has 3 amide bonds. The second kappa shape index (κ2) is 14.8. The van der Waals surface area contributed by atoms with Crippen molar-refractivity contribution in [2.24, 2.45) is 5.92 Å². The van der Waals surface area contributed by atoms with Gasteiger partial charge in [-0.3, -0.25) is 14.7 Å². The van der Waals surface area contributed by atoms with Crippen LogP contribution in [0.1, 0.15) is 43.1 Å². The Morgan fingerprint density at radius 1 is 1.10 bits per heavy atom. The number of hydrogen-bond acceptors (Lipinski definition) is 6. The summed E-state index contributed by atoms with van der Waals surface area (Å²) in [5.74, 6) is 0.446. The number of pyridine rings is 1. The Balaban J connectivity index is 1.58. The van der Waals surface area contributed by atoms with Crippen molar-refractivity contribution < 1.29 is 19.1 Å². The van der Waals surface area contributed by atoms with Crippen LogP contribution >= 0.6 is 0 Å². The molecule has 1 aromatic heterocycles. The van der Waals surface area contributed by atoms with Crippen LogP contribution in [0.3, 0.4) is 0 Å². The molecular formula is C33H43N5O4. The Kier molecular flexibility index (Phi) is 10.9. The van der Waals surface area contributed by atoms with E-state index in [9.17, 15) is 9.59 Å². The summed E-state index contributed by atoms with van der Waals surface area (Å²) >= 11 is 0. The van der Waals surface area contributed by atoms with E-state index >= 15 is 0 Å². The van der Waals surface area contributed by atoms with E-state index in [2.05, 4.69) is 58.6 Å². The summed E-state index contributed by atoms with van der Waals surface area (Å²) in [5.41, 5.74) is 4.22. The fraction of sp³-hybridized carbons (Fsp3) is 0.424. The number of nitrogens with one attached hydrogen (secondary N) is 2. The number of carbonyl (C=O) groups excluding carboxylic acids is 2. The van der Waals surface area contributed by atoms with Crippen molar-refractivity contribution in [2.75, 3.05) is 45.7 Å². The molecule has 0 fully saturated rings. The molecule has 4 rings (SSSR count). The molecule has 3 atom stereocenters. The maximum atomic E-state index is 13.5. The Labute approximate surface area is 249 Å². The van der Waals surface area contributed by atoms with Gasteiger partial charge >= 0.3 is 6.03 Å². The molecule has 2 heterocycles. The topological polar surface area (TPSA) is 96.0 Å². The molecule has 2 N–H and O–H groups in total. The molecule has 0 saturated carbocycles. The summed E-state index contributed by atoms with van der Waals surface area (Å²) in [6, 6.07) is 19.3. The first-order valence-corrected chi connectivity index (χ1v) is 14.6. The van der Waals surface area contributed by atoms with Gasteiger partial charge in [-0.15, -0.1) is 0 Å². The average Bonchev–Trinajstić information content (AvgIpc) is 3.01. The third-order valence-electron chi connectivity index (χ3n) is 7.67. The van der Waals surface area contributed by atoms with Gasteiger partial charge in [-0.25, -0.2) is 4.79 Å². The lowest BCUT2D eigenvalue weighted by atomic mass is 10.0. The van der Waals surface area contributed by atoms with E-state index in [0.29, 0.717) is 36.7 Å². The van der Waals surface area contributed by atoms with Gasteiger partial charge < -0.3 is 25.0 Å². The first-order chi connectivity index (χ1) is 20.3. The lowest BCUT2D eigenvalue weighted by molar-refractivity contribution is 0.00922. The van der Waals surface area contributed by atoms with Gasteiger partial charge in [0.1, 0.15) is 12.4 Å². The predicted octanol–water partition coefficient (Wildman–Crippen LogP) is 5.29. The number of carbonyl (C=O) groups is 2. The van der Waals surface area contributed by atoms with Crippen LogP contribution in [0.25, 0.3) is 11.3 Å². The van der Waals surface area contributed by atoms with Crippen LogP contribution in [0.2, 0.25) is 0 Å². The number of ether oxygens (including phenoxy) is 2. The summed E-state index contributed by atoms with van der Waals surface area (Å²) in [6.45, 7) is 9.17. The monoisotopic (exact) mass is 573 g/mol. The first-order valence-electron chi connectivity index (χ1n) is 14.6. The zero-order chi connectivity index (χ0) is 30.1. The van der Waals surface area contributed by atoms with E-state index in [1.165, 1.54) is 5.56 Å². The third kappa shape index (κ3) is 8.08. The molecule has 224 valence electrons. The second-order valence-corrected chi connectivity index (χ2v) is 11.0. The van der Waals surface area contributed by atoms with Crippen LogP contribution in [-0.2, 0) is 11.3 Å². The molecule has 0 radical (unpaired) electrons. The highest BCUT2D eigenvalue weighted by molar-refractivity contribution is 5.98. The Morgan fingerprint density at radius 2 is 1.88 bits per heavy atom. The number of aromatic nitrogens is 1. The fourth-order valence-corrected chi connectivity index (χ4v) is 5.11. The van der Waals surface area contributed by atoms with Gasteiger partial charge in [0.15, 0.2) is 0 Å². The van der Waals surface area contributed by atoms with Gasteiger partial charge in [0.2, 0.25) is 0 Å². The minimum absolute atomic E-state index is 0.0324. The maximum absolute atomic E-state index is 13.5. The quantitative estimate of drug-likeness (QED) is 0.399. The van der Waals surface area contributed by atoms with Crippen LogP contribution < -0.4 is 15.4 Å². The molecule has 3 aromatic rings. The second-order valence-electron chi connectivity index (χ2n) is 11.0. The fourth-order valence-electron chi connectivity index (χ4n) is 5.11. The highest BCUT2D eigenvalue weighted by Gasteiger charge is 2.28. The number of methoxy groups -OCH3 is 1. The van der Waals surface area contributed by atoms with Crippen LogP contribution in [0.5, 0.6) is 5.75 Å². The zero-order valence-corrected chi connectivity index (χ0v) is 25.3. The molecule has 0 saturated heterocycles. The summed E-state index contributed by atoms with van der Waals surface area (Å²) in [4.78, 5) is 34.3. The zero-order valence-electron chi connectivity index (χ0n) is 25.3. The number of urea groups is 1. The average molecular weight is 574 g/mol. The van der Waals surface area contributed by atoms with E-state index in [-0.39, 0.29) is 30.0 Å². The molecule has 2 aromatic carbocycles. The number of rotatable bonds is 7.